The number of rotatable bonds is 4. The zero-order chi connectivity index (χ0) is 23.2. The molecular weight excluding hydrogens is 452 g/mol. The van der Waals surface area contributed by atoms with E-state index in [0.717, 1.165) is 12.7 Å². The second kappa shape index (κ2) is 8.16. The normalized spacial score (nSPS) is 11.1. The van der Waals surface area contributed by atoms with Gasteiger partial charge >= 0.3 is 0 Å². The van der Waals surface area contributed by atoms with Crippen LogP contribution in [-0.4, -0.2) is 18.0 Å². The van der Waals surface area contributed by atoms with E-state index in [2.05, 4.69) is 15.0 Å². The number of aromatic nitrogens is 1. The lowest BCUT2D eigenvalue weighted by Gasteiger charge is -2.12. The summed E-state index contributed by atoms with van der Waals surface area (Å²) in [6.45, 7) is 1.89. The van der Waals surface area contributed by atoms with Gasteiger partial charge in [0.25, 0.3) is 5.91 Å². The molecule has 1 aromatic heterocycles. The Morgan fingerprint density at radius 2 is 1.72 bits per heavy atom. The third-order valence-corrected chi connectivity index (χ3v) is 4.98. The predicted molar refractivity (Wildman–Crippen MR) is 110 cm³/mol. The summed E-state index contributed by atoms with van der Waals surface area (Å²) in [5, 5.41) is 2.42. The third-order valence-electron chi connectivity index (χ3n) is 4.65. The number of fused-ring (bicyclic) bond motifs is 1. The number of nitrogens with zero attached hydrogens (tertiary/aromatic N) is 1. The summed E-state index contributed by atoms with van der Waals surface area (Å²) in [5.41, 5.74) is 0.931. The van der Waals surface area contributed by atoms with Gasteiger partial charge in [0.05, 0.1) is 17.7 Å². The highest BCUT2D eigenvalue weighted by Gasteiger charge is 2.30. The number of nitrogens with one attached hydrogen (secondary N) is 1. The minimum Gasteiger partial charge on any atom is -0.491 e. The molecule has 3 aromatic carbocycles. The van der Waals surface area contributed by atoms with Gasteiger partial charge in [0.15, 0.2) is 23.0 Å². The fraction of sp³-hybridized carbons (Fsp3) is 0.0909. The number of hydrogen-bond acceptors (Lipinski definition) is 4. The maximum Gasteiger partial charge on any atom is 0.261 e. The van der Waals surface area contributed by atoms with Gasteiger partial charge in [-0.2, -0.15) is 8.78 Å². The Bertz CT molecular complexity index is 1360. The van der Waals surface area contributed by atoms with Crippen molar-refractivity contribution in [3.05, 3.63) is 75.8 Å². The van der Waals surface area contributed by atoms with E-state index in [4.69, 9.17) is 16.0 Å². The summed E-state index contributed by atoms with van der Waals surface area (Å²) in [5.74, 6) is -9.96. The van der Waals surface area contributed by atoms with E-state index in [1.54, 1.807) is 12.1 Å². The van der Waals surface area contributed by atoms with Gasteiger partial charge in [-0.05, 0) is 42.8 Å². The average molecular weight is 465 g/mol. The van der Waals surface area contributed by atoms with Crippen LogP contribution in [0.4, 0.5) is 23.2 Å². The van der Waals surface area contributed by atoms with Gasteiger partial charge in [0.1, 0.15) is 11.1 Å². The summed E-state index contributed by atoms with van der Waals surface area (Å²) in [6, 6.07) is 9.46. The smallest absolute Gasteiger partial charge is 0.261 e. The number of carbonyl (C=O) groups is 1. The summed E-state index contributed by atoms with van der Waals surface area (Å²) < 4.78 is 66.4. The van der Waals surface area contributed by atoms with Crippen molar-refractivity contribution in [2.45, 2.75) is 6.92 Å². The minimum absolute atomic E-state index is 0.0308. The quantitative estimate of drug-likeness (QED) is 0.285. The van der Waals surface area contributed by atoms with E-state index in [1.165, 1.54) is 18.2 Å². The van der Waals surface area contributed by atoms with Crippen molar-refractivity contribution in [1.29, 1.82) is 0 Å². The van der Waals surface area contributed by atoms with Crippen molar-refractivity contribution in [2.24, 2.45) is 0 Å². The lowest BCUT2D eigenvalue weighted by atomic mass is 10.1. The first-order valence-corrected chi connectivity index (χ1v) is 9.47. The molecule has 0 fully saturated rings. The number of oxazole rings is 1. The molecule has 164 valence electrons. The van der Waals surface area contributed by atoms with Crippen LogP contribution < -0.4 is 10.1 Å². The molecule has 0 aliphatic carbocycles. The van der Waals surface area contributed by atoms with Crippen molar-refractivity contribution in [3.63, 3.8) is 0 Å². The Labute approximate surface area is 183 Å². The molecule has 0 saturated heterocycles. The second-order valence-electron chi connectivity index (χ2n) is 6.80. The Kier molecular flexibility index (Phi) is 5.52. The van der Waals surface area contributed by atoms with Crippen molar-refractivity contribution < 1.29 is 31.5 Å². The number of aryl methyl sites for hydroxylation is 1. The van der Waals surface area contributed by atoms with E-state index >= 15 is 0 Å². The zero-order valence-corrected chi connectivity index (χ0v) is 17.3. The molecule has 0 saturated carbocycles. The maximum absolute atomic E-state index is 14.2. The Hall–Kier alpha value is -3.59. The third kappa shape index (κ3) is 3.64. The second-order valence-corrected chi connectivity index (χ2v) is 7.21. The van der Waals surface area contributed by atoms with Crippen LogP contribution in [0.5, 0.6) is 5.75 Å². The maximum atomic E-state index is 14.2. The van der Waals surface area contributed by atoms with Crippen molar-refractivity contribution >= 4 is 34.3 Å². The topological polar surface area (TPSA) is 64.4 Å². The van der Waals surface area contributed by atoms with Crippen LogP contribution in [0.2, 0.25) is 5.02 Å². The monoisotopic (exact) mass is 464 g/mol. The van der Waals surface area contributed by atoms with Crippen LogP contribution in [0.25, 0.3) is 22.6 Å². The number of ether oxygens (including phenoxy) is 1. The van der Waals surface area contributed by atoms with Gasteiger partial charge in [-0.1, -0.05) is 17.7 Å². The van der Waals surface area contributed by atoms with E-state index in [1.807, 2.05) is 13.0 Å². The SMILES string of the molecule is COc1c(F)c(F)c(C(=O)Nc2ccc(Cl)c(-c3nc4cc(C)ccc4o3)c2)c(F)c1F. The zero-order valence-electron chi connectivity index (χ0n) is 16.5. The molecule has 10 heteroatoms. The Morgan fingerprint density at radius 1 is 1.03 bits per heavy atom. The summed E-state index contributed by atoms with van der Waals surface area (Å²) >= 11 is 6.22. The standard InChI is InChI=1S/C22H13ClF4N2O3/c1-9-3-6-14-13(7-9)29-22(32-14)11-8-10(4-5-12(11)23)28-21(30)15-16(24)18(26)20(31-2)19(27)17(15)25/h3-8H,1-2H3,(H,28,30). The molecule has 0 aliphatic heterocycles. The molecule has 0 unspecified atom stereocenters. The Morgan fingerprint density at radius 3 is 2.38 bits per heavy atom. The van der Waals surface area contributed by atoms with E-state index < -0.39 is 40.5 Å². The van der Waals surface area contributed by atoms with Crippen molar-refractivity contribution in [1.82, 2.24) is 4.98 Å². The highest BCUT2D eigenvalue weighted by atomic mass is 35.5. The molecule has 0 atom stereocenters. The fourth-order valence-electron chi connectivity index (χ4n) is 3.10. The molecule has 1 amide bonds. The number of benzene rings is 3. The van der Waals surface area contributed by atoms with Crippen molar-refractivity contribution in [2.75, 3.05) is 12.4 Å². The van der Waals surface area contributed by atoms with Crippen LogP contribution in [0, 0.1) is 30.2 Å². The first-order chi connectivity index (χ1) is 15.2. The lowest BCUT2D eigenvalue weighted by molar-refractivity contribution is 0.101. The van der Waals surface area contributed by atoms with E-state index in [-0.39, 0.29) is 22.2 Å². The molecule has 4 aromatic rings. The number of anilines is 1. The minimum atomic E-state index is -1.89. The summed E-state index contributed by atoms with van der Waals surface area (Å²) in [6.07, 6.45) is 0. The van der Waals surface area contributed by atoms with E-state index in [9.17, 15) is 22.4 Å². The van der Waals surface area contributed by atoms with Gasteiger partial charge in [-0.3, -0.25) is 4.79 Å². The summed E-state index contributed by atoms with van der Waals surface area (Å²) in [4.78, 5) is 16.8. The number of halogens is 5. The molecule has 0 bridgehead atoms. The number of carbonyl (C=O) groups excluding carboxylic acids is 1. The fourth-order valence-corrected chi connectivity index (χ4v) is 3.30. The van der Waals surface area contributed by atoms with Gasteiger partial charge < -0.3 is 14.5 Å². The molecule has 5 nitrogen and oxygen atoms in total. The van der Waals surface area contributed by atoms with Gasteiger partial charge in [0, 0.05) is 5.69 Å². The number of methoxy groups -OCH3 is 1. The highest BCUT2D eigenvalue weighted by molar-refractivity contribution is 6.33. The first-order valence-electron chi connectivity index (χ1n) is 9.09. The van der Waals surface area contributed by atoms with Crippen LogP contribution >= 0.6 is 11.6 Å². The molecular formula is C22H13ClF4N2O3. The molecule has 0 radical (unpaired) electrons. The van der Waals surface area contributed by atoms with Gasteiger partial charge in [0.2, 0.25) is 17.5 Å². The molecule has 1 heterocycles. The first kappa shape index (κ1) is 21.6. The van der Waals surface area contributed by atoms with E-state index in [0.29, 0.717) is 11.1 Å². The van der Waals surface area contributed by atoms with Gasteiger partial charge in [-0.15, -0.1) is 0 Å². The van der Waals surface area contributed by atoms with Crippen LogP contribution in [0.3, 0.4) is 0 Å². The lowest BCUT2D eigenvalue weighted by Crippen LogP contribution is -2.19. The highest BCUT2D eigenvalue weighted by Crippen LogP contribution is 2.34. The van der Waals surface area contributed by atoms with Crippen LogP contribution in [-0.2, 0) is 0 Å². The average Bonchev–Trinajstić information content (AvgIpc) is 3.17. The molecule has 32 heavy (non-hydrogen) atoms. The number of hydrogen-bond donors (Lipinski definition) is 1. The molecule has 0 spiro atoms. The largest absolute Gasteiger partial charge is 0.491 e. The molecule has 0 aliphatic rings. The number of amides is 1. The summed E-state index contributed by atoms with van der Waals surface area (Å²) in [7, 11) is 0.836. The molecule has 1 N–H and O–H groups in total. The molecule has 4 rings (SSSR count). The van der Waals surface area contributed by atoms with Crippen molar-refractivity contribution in [3.8, 4) is 17.2 Å². The van der Waals surface area contributed by atoms with Crippen LogP contribution in [0.1, 0.15) is 15.9 Å². The Balaban J connectivity index is 1.71. The predicted octanol–water partition coefficient (Wildman–Crippen LogP) is 6.27. The van der Waals surface area contributed by atoms with Crippen LogP contribution in [0.15, 0.2) is 40.8 Å². The van der Waals surface area contributed by atoms with Gasteiger partial charge in [-0.25, -0.2) is 13.8 Å².